The normalized spacial score (nSPS) is 18.3. The number of hydrogen-bond donors (Lipinski definition) is 1. The molecular weight excluding hydrogens is 407 g/mol. The SMILES string of the molecule is COC(=O)c1ccc(CNS(=O)(=O)CC[C@@H](c2ccccc2)N2CC[C@H](F)C2)cc1. The topological polar surface area (TPSA) is 75.7 Å². The minimum Gasteiger partial charge on any atom is -0.465 e. The van der Waals surface area contributed by atoms with E-state index in [4.69, 9.17) is 0 Å². The number of likely N-dealkylation sites (tertiary alicyclic amines) is 1. The predicted molar refractivity (Wildman–Crippen MR) is 113 cm³/mol. The van der Waals surface area contributed by atoms with Crippen LogP contribution >= 0.6 is 0 Å². The van der Waals surface area contributed by atoms with E-state index in [0.29, 0.717) is 31.5 Å². The molecule has 0 radical (unpaired) electrons. The highest BCUT2D eigenvalue weighted by molar-refractivity contribution is 7.89. The van der Waals surface area contributed by atoms with Crippen LogP contribution in [0.1, 0.15) is 40.4 Å². The third-order valence-electron chi connectivity index (χ3n) is 5.32. The van der Waals surface area contributed by atoms with Gasteiger partial charge in [-0.25, -0.2) is 22.3 Å². The Morgan fingerprint density at radius 1 is 1.20 bits per heavy atom. The smallest absolute Gasteiger partial charge is 0.337 e. The summed E-state index contributed by atoms with van der Waals surface area (Å²) in [6, 6.07) is 16.1. The average Bonchev–Trinajstić information content (AvgIpc) is 3.19. The summed E-state index contributed by atoms with van der Waals surface area (Å²) in [5, 5.41) is 0. The number of alkyl halides is 1. The van der Waals surface area contributed by atoms with Gasteiger partial charge < -0.3 is 4.74 Å². The number of nitrogens with zero attached hydrogens (tertiary/aromatic N) is 1. The van der Waals surface area contributed by atoms with Gasteiger partial charge in [0.05, 0.1) is 18.4 Å². The van der Waals surface area contributed by atoms with Gasteiger partial charge >= 0.3 is 5.97 Å². The highest BCUT2D eigenvalue weighted by Gasteiger charge is 2.30. The number of sulfonamides is 1. The Morgan fingerprint density at radius 2 is 1.90 bits per heavy atom. The molecule has 2 aromatic rings. The monoisotopic (exact) mass is 434 g/mol. The number of benzene rings is 2. The average molecular weight is 435 g/mol. The molecule has 162 valence electrons. The number of carbonyl (C=O) groups excluding carboxylic acids is 1. The molecule has 0 aromatic heterocycles. The molecule has 30 heavy (non-hydrogen) atoms. The summed E-state index contributed by atoms with van der Waals surface area (Å²) in [7, 11) is -2.21. The molecule has 0 aliphatic carbocycles. The van der Waals surface area contributed by atoms with Crippen LogP contribution in [0, 0.1) is 0 Å². The van der Waals surface area contributed by atoms with Crippen LogP contribution in [0.5, 0.6) is 0 Å². The Kier molecular flexibility index (Phi) is 7.58. The number of carbonyl (C=O) groups is 1. The third kappa shape index (κ3) is 6.10. The molecule has 2 atom stereocenters. The van der Waals surface area contributed by atoms with Crippen molar-refractivity contribution in [1.29, 1.82) is 0 Å². The summed E-state index contributed by atoms with van der Waals surface area (Å²) in [6.07, 6.45) is 0.00221. The number of ether oxygens (including phenoxy) is 1. The summed E-state index contributed by atoms with van der Waals surface area (Å²) in [4.78, 5) is 13.5. The Morgan fingerprint density at radius 3 is 2.50 bits per heavy atom. The van der Waals surface area contributed by atoms with Crippen LogP contribution in [0.2, 0.25) is 0 Å². The molecule has 1 aliphatic rings. The lowest BCUT2D eigenvalue weighted by Crippen LogP contribution is -2.32. The Bertz CT molecular complexity index is 935. The Labute approximate surface area is 177 Å². The van der Waals surface area contributed by atoms with Gasteiger partial charge in [0.25, 0.3) is 0 Å². The number of rotatable bonds is 9. The minimum atomic E-state index is -3.52. The van der Waals surface area contributed by atoms with E-state index in [0.717, 1.165) is 11.1 Å². The molecule has 2 aromatic carbocycles. The zero-order chi connectivity index (χ0) is 21.6. The molecule has 3 rings (SSSR count). The second kappa shape index (κ2) is 10.1. The second-order valence-electron chi connectivity index (χ2n) is 7.42. The summed E-state index contributed by atoms with van der Waals surface area (Å²) in [5.74, 6) is -0.494. The summed E-state index contributed by atoms with van der Waals surface area (Å²) >= 11 is 0. The van der Waals surface area contributed by atoms with Crippen LogP contribution in [0.25, 0.3) is 0 Å². The van der Waals surface area contributed by atoms with Gasteiger partial charge in [-0.05, 0) is 36.1 Å². The molecule has 0 bridgehead atoms. The number of halogens is 1. The lowest BCUT2D eigenvalue weighted by molar-refractivity contribution is 0.0600. The summed E-state index contributed by atoms with van der Waals surface area (Å²) < 4.78 is 46.1. The molecule has 1 aliphatic heterocycles. The fourth-order valence-electron chi connectivity index (χ4n) is 3.67. The van der Waals surface area contributed by atoms with Crippen LogP contribution in [0.4, 0.5) is 4.39 Å². The quantitative estimate of drug-likeness (QED) is 0.614. The van der Waals surface area contributed by atoms with Gasteiger partial charge in [-0.1, -0.05) is 42.5 Å². The standard InChI is InChI=1S/C22H27FN2O4S/c1-29-22(26)19-9-7-17(8-10-19)15-24-30(27,28)14-12-21(18-5-3-2-4-6-18)25-13-11-20(23)16-25/h2-10,20-21,24H,11-16H2,1H3/t20-,21-/m0/s1. The number of esters is 1. The molecule has 8 heteroatoms. The lowest BCUT2D eigenvalue weighted by Gasteiger charge is -2.28. The molecule has 0 amide bonds. The van der Waals surface area contributed by atoms with E-state index in [1.165, 1.54) is 7.11 Å². The molecule has 1 heterocycles. The highest BCUT2D eigenvalue weighted by atomic mass is 32.2. The Hall–Kier alpha value is -2.29. The van der Waals surface area contributed by atoms with E-state index in [1.807, 2.05) is 35.2 Å². The maximum absolute atomic E-state index is 13.7. The van der Waals surface area contributed by atoms with Crippen molar-refractivity contribution < 1.29 is 22.3 Å². The largest absolute Gasteiger partial charge is 0.465 e. The molecule has 0 spiro atoms. The van der Waals surface area contributed by atoms with E-state index in [-0.39, 0.29) is 18.3 Å². The molecule has 1 fully saturated rings. The molecule has 1 saturated heterocycles. The zero-order valence-corrected chi connectivity index (χ0v) is 17.8. The second-order valence-corrected chi connectivity index (χ2v) is 9.35. The van der Waals surface area contributed by atoms with Gasteiger partial charge in [-0.2, -0.15) is 0 Å². The van der Waals surface area contributed by atoms with Gasteiger partial charge in [0.1, 0.15) is 6.17 Å². The molecule has 0 unspecified atom stereocenters. The predicted octanol–water partition coefficient (Wildman–Crippen LogP) is 3.07. The van der Waals surface area contributed by atoms with Crippen molar-refractivity contribution in [2.24, 2.45) is 0 Å². The maximum atomic E-state index is 13.7. The van der Waals surface area contributed by atoms with Crippen LogP contribution in [0.15, 0.2) is 54.6 Å². The van der Waals surface area contributed by atoms with Crippen molar-refractivity contribution in [3.05, 3.63) is 71.3 Å². The van der Waals surface area contributed by atoms with E-state index in [9.17, 15) is 17.6 Å². The fourth-order valence-corrected chi connectivity index (χ4v) is 4.73. The summed E-state index contributed by atoms with van der Waals surface area (Å²) in [5.41, 5.74) is 2.15. The van der Waals surface area contributed by atoms with Gasteiger partial charge in [0, 0.05) is 25.7 Å². The van der Waals surface area contributed by atoms with Gasteiger partial charge in [-0.3, -0.25) is 4.90 Å². The first-order chi connectivity index (χ1) is 14.4. The van der Waals surface area contributed by atoms with Crippen LogP contribution in [-0.4, -0.2) is 51.4 Å². The highest BCUT2D eigenvalue weighted by Crippen LogP contribution is 2.29. The van der Waals surface area contributed by atoms with Gasteiger partial charge in [0.2, 0.25) is 10.0 Å². The van der Waals surface area contributed by atoms with Crippen LogP contribution in [-0.2, 0) is 21.3 Å². The van der Waals surface area contributed by atoms with Crippen molar-refractivity contribution >= 4 is 16.0 Å². The maximum Gasteiger partial charge on any atom is 0.337 e. The first-order valence-corrected chi connectivity index (χ1v) is 11.6. The third-order valence-corrected chi connectivity index (χ3v) is 6.68. The van der Waals surface area contributed by atoms with E-state index >= 15 is 0 Å². The lowest BCUT2D eigenvalue weighted by atomic mass is 10.0. The van der Waals surface area contributed by atoms with E-state index < -0.39 is 22.2 Å². The minimum absolute atomic E-state index is 0.0553. The molecule has 6 nitrogen and oxygen atoms in total. The van der Waals surface area contributed by atoms with Crippen molar-refractivity contribution in [2.45, 2.75) is 31.6 Å². The molecular formula is C22H27FN2O4S. The molecule has 0 saturated carbocycles. The Balaban J connectivity index is 1.60. The number of nitrogens with one attached hydrogen (secondary N) is 1. The van der Waals surface area contributed by atoms with Crippen LogP contribution < -0.4 is 4.72 Å². The van der Waals surface area contributed by atoms with Crippen molar-refractivity contribution in [2.75, 3.05) is 26.0 Å². The van der Waals surface area contributed by atoms with Crippen molar-refractivity contribution in [3.8, 4) is 0 Å². The number of methoxy groups -OCH3 is 1. The van der Waals surface area contributed by atoms with E-state index in [1.54, 1.807) is 24.3 Å². The zero-order valence-electron chi connectivity index (χ0n) is 17.0. The van der Waals surface area contributed by atoms with E-state index in [2.05, 4.69) is 9.46 Å². The first kappa shape index (κ1) is 22.4. The van der Waals surface area contributed by atoms with Crippen LogP contribution in [0.3, 0.4) is 0 Å². The fraction of sp³-hybridized carbons (Fsp3) is 0.409. The summed E-state index contributed by atoms with van der Waals surface area (Å²) in [6.45, 7) is 1.09. The van der Waals surface area contributed by atoms with Crippen molar-refractivity contribution in [1.82, 2.24) is 9.62 Å². The van der Waals surface area contributed by atoms with Gasteiger partial charge in [0.15, 0.2) is 0 Å². The first-order valence-electron chi connectivity index (χ1n) is 9.95. The van der Waals surface area contributed by atoms with Crippen molar-refractivity contribution in [3.63, 3.8) is 0 Å². The molecule has 1 N–H and O–H groups in total. The van der Waals surface area contributed by atoms with Gasteiger partial charge in [-0.15, -0.1) is 0 Å². The number of hydrogen-bond acceptors (Lipinski definition) is 5.